The Hall–Kier alpha value is -1.67. The molecule has 0 radical (unpaired) electrons. The minimum atomic E-state index is -0.463. The Kier molecular flexibility index (Phi) is 6.70. The van der Waals surface area contributed by atoms with Crippen molar-refractivity contribution in [2.24, 2.45) is 0 Å². The van der Waals surface area contributed by atoms with E-state index in [4.69, 9.17) is 11.6 Å². The molecule has 2 heterocycles. The molecule has 4 rings (SSSR count). The lowest BCUT2D eigenvalue weighted by atomic mass is 10.1. The van der Waals surface area contributed by atoms with Crippen LogP contribution in [0, 0.1) is 0 Å². The number of fused-ring (bicyclic) bond motifs is 1. The summed E-state index contributed by atoms with van der Waals surface area (Å²) in [6.45, 7) is 2.95. The normalized spacial score (nSPS) is 19.3. The number of carbonyl (C=O) groups is 2. The maximum absolute atomic E-state index is 12.7. The Morgan fingerprint density at radius 3 is 2.83 bits per heavy atom. The molecule has 0 spiro atoms. The first kappa shape index (κ1) is 20.6. The van der Waals surface area contributed by atoms with Gasteiger partial charge in [0.05, 0.1) is 10.9 Å². The number of anilines is 2. The van der Waals surface area contributed by atoms with E-state index in [1.165, 1.54) is 11.8 Å². The topological polar surface area (TPSA) is 61.4 Å². The van der Waals surface area contributed by atoms with Crippen LogP contribution in [0.3, 0.4) is 0 Å². The predicted molar refractivity (Wildman–Crippen MR) is 122 cm³/mol. The third-order valence-corrected chi connectivity index (χ3v) is 7.37. The highest BCUT2D eigenvalue weighted by atomic mass is 35.5. The summed E-state index contributed by atoms with van der Waals surface area (Å²) in [4.78, 5) is 28.5. The second-order valence-electron chi connectivity index (χ2n) is 7.03. The van der Waals surface area contributed by atoms with E-state index < -0.39 is 5.25 Å². The Morgan fingerprint density at radius 1 is 1.21 bits per heavy atom. The van der Waals surface area contributed by atoms with Gasteiger partial charge in [0.15, 0.2) is 0 Å². The largest absolute Gasteiger partial charge is 0.326 e. The first-order chi connectivity index (χ1) is 14.1. The van der Waals surface area contributed by atoms with Crippen LogP contribution in [0.2, 0.25) is 5.02 Å². The number of hydrogen-bond acceptors (Lipinski definition) is 5. The molecule has 1 saturated heterocycles. The fourth-order valence-corrected chi connectivity index (χ4v) is 5.65. The number of benzene rings is 2. The predicted octanol–water partition coefficient (Wildman–Crippen LogP) is 4.33. The molecule has 2 N–H and O–H groups in total. The molecule has 2 aliphatic heterocycles. The molecule has 2 aromatic carbocycles. The molecular formula is C21H22ClN3O2S2. The van der Waals surface area contributed by atoms with E-state index in [2.05, 4.69) is 21.6 Å². The van der Waals surface area contributed by atoms with Crippen molar-refractivity contribution in [1.29, 1.82) is 0 Å². The quantitative estimate of drug-likeness (QED) is 0.714. The lowest BCUT2D eigenvalue weighted by Gasteiger charge is -2.27. The zero-order valence-corrected chi connectivity index (χ0v) is 18.2. The van der Waals surface area contributed by atoms with Crippen molar-refractivity contribution in [3.63, 3.8) is 0 Å². The fourth-order valence-electron chi connectivity index (χ4n) is 3.41. The molecule has 0 aromatic heterocycles. The van der Waals surface area contributed by atoms with Gasteiger partial charge in [0.2, 0.25) is 11.8 Å². The van der Waals surface area contributed by atoms with Crippen molar-refractivity contribution < 1.29 is 9.59 Å². The molecule has 0 bridgehead atoms. The van der Waals surface area contributed by atoms with Crippen molar-refractivity contribution in [2.75, 3.05) is 35.2 Å². The second kappa shape index (κ2) is 9.43. The van der Waals surface area contributed by atoms with Gasteiger partial charge in [0.1, 0.15) is 0 Å². The van der Waals surface area contributed by atoms with Gasteiger partial charge in [-0.15, -0.1) is 11.8 Å². The van der Waals surface area contributed by atoms with E-state index >= 15 is 0 Å². The van der Waals surface area contributed by atoms with Gasteiger partial charge in [0.25, 0.3) is 0 Å². The first-order valence-electron chi connectivity index (χ1n) is 9.53. The molecule has 29 heavy (non-hydrogen) atoms. The molecule has 5 nitrogen and oxygen atoms in total. The third-order valence-electron chi connectivity index (χ3n) is 4.92. The average Bonchev–Trinajstić information content (AvgIpc) is 2.71. The summed E-state index contributed by atoms with van der Waals surface area (Å²) < 4.78 is 0. The standard InChI is InChI=1S/C21H22ClN3O2S2/c22-15-5-6-18-17(11-15)24-21(27)19(29-18)12-20(26)23-16-4-2-1-3-14(16)13-25-7-9-28-10-8-25/h1-6,11,19H,7-10,12-13H2,(H,23,26)(H,24,27). The van der Waals surface area contributed by atoms with Gasteiger partial charge in [-0.2, -0.15) is 11.8 Å². The van der Waals surface area contributed by atoms with Crippen LogP contribution in [0.1, 0.15) is 12.0 Å². The molecule has 2 amide bonds. The van der Waals surface area contributed by atoms with Gasteiger partial charge in [-0.1, -0.05) is 29.8 Å². The van der Waals surface area contributed by atoms with Gasteiger partial charge in [0, 0.05) is 53.2 Å². The van der Waals surface area contributed by atoms with E-state index in [9.17, 15) is 9.59 Å². The fraction of sp³-hybridized carbons (Fsp3) is 0.333. The number of thioether (sulfide) groups is 2. The second-order valence-corrected chi connectivity index (χ2v) is 9.94. The zero-order valence-electron chi connectivity index (χ0n) is 15.8. The van der Waals surface area contributed by atoms with Crippen molar-refractivity contribution in [3.8, 4) is 0 Å². The highest BCUT2D eigenvalue weighted by molar-refractivity contribution is 8.01. The van der Waals surface area contributed by atoms with Crippen molar-refractivity contribution in [1.82, 2.24) is 4.90 Å². The van der Waals surface area contributed by atoms with Crippen molar-refractivity contribution >= 4 is 58.3 Å². The van der Waals surface area contributed by atoms with Crippen LogP contribution < -0.4 is 10.6 Å². The summed E-state index contributed by atoms with van der Waals surface area (Å²) in [5, 5.41) is 5.98. The summed E-state index contributed by atoms with van der Waals surface area (Å²) in [6, 6.07) is 13.3. The van der Waals surface area contributed by atoms with Gasteiger partial charge in [-0.3, -0.25) is 14.5 Å². The lowest BCUT2D eigenvalue weighted by molar-refractivity contribution is -0.120. The molecule has 8 heteroatoms. The van der Waals surface area contributed by atoms with E-state index in [0.717, 1.165) is 47.3 Å². The van der Waals surface area contributed by atoms with Crippen LogP contribution in [0.15, 0.2) is 47.4 Å². The van der Waals surface area contributed by atoms with Crippen LogP contribution in [0.4, 0.5) is 11.4 Å². The Labute approximate surface area is 183 Å². The van der Waals surface area contributed by atoms with Gasteiger partial charge in [-0.25, -0.2) is 0 Å². The van der Waals surface area contributed by atoms with Crippen LogP contribution in [-0.2, 0) is 16.1 Å². The van der Waals surface area contributed by atoms with E-state index in [-0.39, 0.29) is 18.2 Å². The summed E-state index contributed by atoms with van der Waals surface area (Å²) in [5.74, 6) is 1.97. The van der Waals surface area contributed by atoms with Crippen molar-refractivity contribution in [3.05, 3.63) is 53.1 Å². The molecule has 1 unspecified atom stereocenters. The molecule has 1 atom stereocenters. The molecule has 0 aliphatic carbocycles. The zero-order chi connectivity index (χ0) is 20.2. The third kappa shape index (κ3) is 5.28. The number of amides is 2. The molecule has 1 fully saturated rings. The summed E-state index contributed by atoms with van der Waals surface area (Å²) in [5.41, 5.74) is 2.63. The van der Waals surface area contributed by atoms with Gasteiger partial charge < -0.3 is 10.6 Å². The summed E-state index contributed by atoms with van der Waals surface area (Å²) in [6.07, 6.45) is 0.118. The Balaban J connectivity index is 1.40. The minimum Gasteiger partial charge on any atom is -0.326 e. The molecular weight excluding hydrogens is 426 g/mol. The van der Waals surface area contributed by atoms with E-state index in [0.29, 0.717) is 10.7 Å². The maximum Gasteiger partial charge on any atom is 0.238 e. The van der Waals surface area contributed by atoms with Crippen LogP contribution in [0.25, 0.3) is 0 Å². The highest BCUT2D eigenvalue weighted by Crippen LogP contribution is 2.38. The van der Waals surface area contributed by atoms with Gasteiger partial charge >= 0.3 is 0 Å². The molecule has 152 valence electrons. The highest BCUT2D eigenvalue weighted by Gasteiger charge is 2.29. The number of rotatable bonds is 5. The summed E-state index contributed by atoms with van der Waals surface area (Å²) in [7, 11) is 0. The Bertz CT molecular complexity index is 919. The lowest BCUT2D eigenvalue weighted by Crippen LogP contribution is -2.33. The molecule has 2 aliphatic rings. The molecule has 0 saturated carbocycles. The maximum atomic E-state index is 12.7. The molecule has 2 aromatic rings. The number of hydrogen-bond donors (Lipinski definition) is 2. The van der Waals surface area contributed by atoms with Crippen LogP contribution in [-0.4, -0.2) is 46.6 Å². The Morgan fingerprint density at radius 2 is 2.00 bits per heavy atom. The smallest absolute Gasteiger partial charge is 0.238 e. The van der Waals surface area contributed by atoms with Crippen LogP contribution >= 0.6 is 35.1 Å². The average molecular weight is 448 g/mol. The van der Waals surface area contributed by atoms with Gasteiger partial charge in [-0.05, 0) is 29.8 Å². The van der Waals surface area contributed by atoms with E-state index in [1.54, 1.807) is 12.1 Å². The van der Waals surface area contributed by atoms with Crippen LogP contribution in [0.5, 0.6) is 0 Å². The monoisotopic (exact) mass is 447 g/mol. The summed E-state index contributed by atoms with van der Waals surface area (Å²) >= 11 is 9.37. The number of halogens is 1. The minimum absolute atomic E-state index is 0.118. The van der Waals surface area contributed by atoms with Crippen molar-refractivity contribution in [2.45, 2.75) is 23.1 Å². The number of nitrogens with zero attached hydrogens (tertiary/aromatic N) is 1. The SMILES string of the molecule is O=C(CC1Sc2ccc(Cl)cc2NC1=O)Nc1ccccc1CN1CCSCC1. The van der Waals surface area contributed by atoms with E-state index in [1.807, 2.05) is 36.0 Å². The number of carbonyl (C=O) groups excluding carboxylic acids is 2. The first-order valence-corrected chi connectivity index (χ1v) is 11.9. The number of para-hydroxylation sites is 1. The number of nitrogens with one attached hydrogen (secondary N) is 2.